The predicted octanol–water partition coefficient (Wildman–Crippen LogP) is 3.56. The van der Waals surface area contributed by atoms with Gasteiger partial charge in [0.2, 0.25) is 17.7 Å². The van der Waals surface area contributed by atoms with Gasteiger partial charge in [-0.1, -0.05) is 30.3 Å². The second-order valence-corrected chi connectivity index (χ2v) is 11.6. The van der Waals surface area contributed by atoms with Gasteiger partial charge in [-0.05, 0) is 88.2 Å². The smallest absolute Gasteiger partial charge is 0.245 e. The Morgan fingerprint density at radius 3 is 2.54 bits per heavy atom. The molecule has 0 bridgehead atoms. The number of hydrogen-bond acceptors (Lipinski definition) is 4. The van der Waals surface area contributed by atoms with Crippen LogP contribution in [0.5, 0.6) is 0 Å². The SMILES string of the molecule is CC1(C)C(=O)N(C2CCN(C(=O)C(CCc3ccccc3)NC(=O)C3CCCNC3)CC2)c2ccc(F)cc21. The second kappa shape index (κ2) is 11.5. The van der Waals surface area contributed by atoms with E-state index in [0.29, 0.717) is 50.9 Å². The molecule has 0 radical (unpaired) electrons. The van der Waals surface area contributed by atoms with Gasteiger partial charge in [0.25, 0.3) is 0 Å². The quantitative estimate of drug-likeness (QED) is 0.569. The van der Waals surface area contributed by atoms with E-state index in [1.165, 1.54) is 12.1 Å². The highest BCUT2D eigenvalue weighted by Gasteiger charge is 2.47. The van der Waals surface area contributed by atoms with Crippen LogP contribution in [0.2, 0.25) is 0 Å². The molecule has 2 aromatic rings. The van der Waals surface area contributed by atoms with Gasteiger partial charge in [-0.25, -0.2) is 4.39 Å². The first kappa shape index (κ1) is 27.3. The summed E-state index contributed by atoms with van der Waals surface area (Å²) >= 11 is 0. The van der Waals surface area contributed by atoms with Crippen LogP contribution in [0, 0.1) is 11.7 Å². The highest BCUT2D eigenvalue weighted by molar-refractivity contribution is 6.08. The van der Waals surface area contributed by atoms with Crippen LogP contribution >= 0.6 is 0 Å². The first-order valence-corrected chi connectivity index (χ1v) is 14.2. The lowest BCUT2D eigenvalue weighted by atomic mass is 9.86. The molecule has 0 spiro atoms. The molecule has 2 atom stereocenters. The molecule has 3 amide bonds. The average Bonchev–Trinajstić information content (AvgIpc) is 3.16. The minimum absolute atomic E-state index is 0.0260. The molecule has 0 aromatic heterocycles. The van der Waals surface area contributed by atoms with E-state index in [0.717, 1.165) is 30.6 Å². The third-order valence-electron chi connectivity index (χ3n) is 8.63. The Bertz CT molecular complexity index is 1200. The van der Waals surface area contributed by atoms with E-state index in [1.807, 2.05) is 54.0 Å². The lowest BCUT2D eigenvalue weighted by Crippen LogP contribution is -2.55. The summed E-state index contributed by atoms with van der Waals surface area (Å²) in [5.41, 5.74) is 1.83. The zero-order chi connectivity index (χ0) is 27.6. The summed E-state index contributed by atoms with van der Waals surface area (Å²) in [6.45, 7) is 6.26. The number of halogens is 1. The number of rotatable bonds is 7. The van der Waals surface area contributed by atoms with Gasteiger partial charge < -0.3 is 20.4 Å². The summed E-state index contributed by atoms with van der Waals surface area (Å²) in [6.07, 6.45) is 4.28. The van der Waals surface area contributed by atoms with E-state index in [-0.39, 0.29) is 35.5 Å². The van der Waals surface area contributed by atoms with Crippen molar-refractivity contribution in [3.8, 4) is 0 Å². The van der Waals surface area contributed by atoms with E-state index in [4.69, 9.17) is 0 Å². The Kier molecular flexibility index (Phi) is 8.03. The Labute approximate surface area is 230 Å². The zero-order valence-electron chi connectivity index (χ0n) is 22.9. The van der Waals surface area contributed by atoms with Gasteiger partial charge >= 0.3 is 0 Å². The average molecular weight is 535 g/mol. The molecular weight excluding hydrogens is 495 g/mol. The van der Waals surface area contributed by atoms with Crippen molar-refractivity contribution in [1.29, 1.82) is 0 Å². The number of nitrogens with zero attached hydrogens (tertiary/aromatic N) is 2. The maximum atomic E-state index is 14.0. The Hall–Kier alpha value is -3.26. The third kappa shape index (κ3) is 5.71. The number of carbonyl (C=O) groups excluding carboxylic acids is 3. The molecule has 2 unspecified atom stereocenters. The number of piperidine rings is 2. The molecule has 2 aromatic carbocycles. The number of likely N-dealkylation sites (tertiary alicyclic amines) is 1. The summed E-state index contributed by atoms with van der Waals surface area (Å²) in [6, 6.07) is 13.9. The molecule has 3 heterocycles. The van der Waals surface area contributed by atoms with Gasteiger partial charge in [0.05, 0.1) is 11.3 Å². The van der Waals surface area contributed by atoms with Crippen molar-refractivity contribution in [2.24, 2.45) is 5.92 Å². The monoisotopic (exact) mass is 534 g/mol. The number of fused-ring (bicyclic) bond motifs is 1. The molecular formula is C31H39FN4O3. The van der Waals surface area contributed by atoms with E-state index in [1.54, 1.807) is 6.07 Å². The van der Waals surface area contributed by atoms with Crippen LogP contribution in [0.25, 0.3) is 0 Å². The van der Waals surface area contributed by atoms with Gasteiger partial charge in [0, 0.05) is 31.4 Å². The van der Waals surface area contributed by atoms with Gasteiger partial charge in [0.1, 0.15) is 11.9 Å². The van der Waals surface area contributed by atoms with E-state index in [9.17, 15) is 18.8 Å². The molecule has 0 saturated carbocycles. The first-order chi connectivity index (χ1) is 18.8. The molecule has 8 heteroatoms. The van der Waals surface area contributed by atoms with Gasteiger partial charge in [0.15, 0.2) is 0 Å². The molecule has 3 aliphatic rings. The van der Waals surface area contributed by atoms with Crippen LogP contribution in [-0.2, 0) is 26.2 Å². The lowest BCUT2D eigenvalue weighted by Gasteiger charge is -2.39. The summed E-state index contributed by atoms with van der Waals surface area (Å²) in [5.74, 6) is -0.605. The number of carbonyl (C=O) groups is 3. The largest absolute Gasteiger partial charge is 0.344 e. The van der Waals surface area contributed by atoms with Crippen LogP contribution < -0.4 is 15.5 Å². The molecule has 7 nitrogen and oxygen atoms in total. The normalized spacial score (nSPS) is 21.9. The molecule has 0 aliphatic carbocycles. The topological polar surface area (TPSA) is 81.8 Å². The van der Waals surface area contributed by atoms with Gasteiger partial charge in [-0.15, -0.1) is 0 Å². The molecule has 3 aliphatic heterocycles. The number of anilines is 1. The highest BCUT2D eigenvalue weighted by atomic mass is 19.1. The Morgan fingerprint density at radius 2 is 1.85 bits per heavy atom. The van der Waals surface area contributed by atoms with Crippen molar-refractivity contribution >= 4 is 23.4 Å². The minimum Gasteiger partial charge on any atom is -0.344 e. The molecule has 39 heavy (non-hydrogen) atoms. The minimum atomic E-state index is -0.787. The molecule has 2 saturated heterocycles. The fraction of sp³-hybridized carbons (Fsp3) is 0.516. The molecule has 208 valence electrons. The Morgan fingerprint density at radius 1 is 1.10 bits per heavy atom. The molecule has 2 fully saturated rings. The van der Waals surface area contributed by atoms with Crippen LogP contribution in [0.15, 0.2) is 48.5 Å². The highest BCUT2D eigenvalue weighted by Crippen LogP contribution is 2.44. The van der Waals surface area contributed by atoms with Crippen LogP contribution in [0.4, 0.5) is 10.1 Å². The molecule has 2 N–H and O–H groups in total. The number of amides is 3. The maximum Gasteiger partial charge on any atom is 0.245 e. The van der Waals surface area contributed by atoms with Crippen molar-refractivity contribution in [3.63, 3.8) is 0 Å². The van der Waals surface area contributed by atoms with Crippen molar-refractivity contribution in [1.82, 2.24) is 15.5 Å². The summed E-state index contributed by atoms with van der Waals surface area (Å²) < 4.78 is 14.0. The van der Waals surface area contributed by atoms with Crippen LogP contribution in [0.1, 0.15) is 57.1 Å². The Balaban J connectivity index is 1.26. The van der Waals surface area contributed by atoms with E-state index >= 15 is 0 Å². The summed E-state index contributed by atoms with van der Waals surface area (Å²) in [5, 5.41) is 6.37. The number of hydrogen-bond donors (Lipinski definition) is 2. The number of nitrogens with one attached hydrogen (secondary N) is 2. The van der Waals surface area contributed by atoms with Crippen LogP contribution in [-0.4, -0.2) is 60.9 Å². The fourth-order valence-corrected chi connectivity index (χ4v) is 6.25. The van der Waals surface area contributed by atoms with E-state index < -0.39 is 11.5 Å². The van der Waals surface area contributed by atoms with Crippen molar-refractivity contribution in [2.45, 2.75) is 69.9 Å². The third-order valence-corrected chi connectivity index (χ3v) is 8.63. The van der Waals surface area contributed by atoms with E-state index in [2.05, 4.69) is 10.6 Å². The second-order valence-electron chi connectivity index (χ2n) is 11.6. The van der Waals surface area contributed by atoms with Gasteiger partial charge in [-0.2, -0.15) is 0 Å². The standard InChI is InChI=1S/C31H39FN4O3/c1-31(2)25-19-23(32)11-13-27(25)36(30(31)39)24-14-17-35(18-15-24)29(38)26(12-10-21-7-4-3-5-8-21)34-28(37)22-9-6-16-33-20-22/h3-5,7-8,11,13,19,22,24,26,33H,6,9-10,12,14-18,20H2,1-2H3,(H,34,37). The maximum absolute atomic E-state index is 14.0. The fourth-order valence-electron chi connectivity index (χ4n) is 6.25. The van der Waals surface area contributed by atoms with Crippen molar-refractivity contribution in [2.75, 3.05) is 31.1 Å². The van der Waals surface area contributed by atoms with Crippen molar-refractivity contribution < 1.29 is 18.8 Å². The lowest BCUT2D eigenvalue weighted by molar-refractivity contribution is -0.138. The predicted molar refractivity (Wildman–Crippen MR) is 149 cm³/mol. The number of aryl methyl sites for hydroxylation is 1. The summed E-state index contributed by atoms with van der Waals surface area (Å²) in [7, 11) is 0. The van der Waals surface area contributed by atoms with Gasteiger partial charge in [-0.3, -0.25) is 14.4 Å². The molecule has 5 rings (SSSR count). The first-order valence-electron chi connectivity index (χ1n) is 14.2. The van der Waals surface area contributed by atoms with Crippen LogP contribution in [0.3, 0.4) is 0 Å². The zero-order valence-corrected chi connectivity index (χ0v) is 22.9. The summed E-state index contributed by atoms with van der Waals surface area (Å²) in [4.78, 5) is 43.9. The van der Waals surface area contributed by atoms with Crippen molar-refractivity contribution in [3.05, 3.63) is 65.5 Å². The number of benzene rings is 2.